The van der Waals surface area contributed by atoms with Crippen LogP contribution in [-0.2, 0) is 21.2 Å². The summed E-state index contributed by atoms with van der Waals surface area (Å²) in [5.41, 5.74) is 1.50. The molecule has 1 aliphatic heterocycles. The quantitative estimate of drug-likeness (QED) is 0.654. The third-order valence-electron chi connectivity index (χ3n) is 3.77. The van der Waals surface area contributed by atoms with Gasteiger partial charge < -0.3 is 0 Å². The van der Waals surface area contributed by atoms with E-state index in [-0.39, 0.29) is 22.6 Å². The van der Waals surface area contributed by atoms with E-state index < -0.39 is 9.84 Å². The minimum atomic E-state index is -3.27. The minimum absolute atomic E-state index is 0.191. The van der Waals surface area contributed by atoms with Crippen LogP contribution in [0.5, 0.6) is 0 Å². The molecular formula is C18H14BrNO4S2. The van der Waals surface area contributed by atoms with Crippen molar-refractivity contribution in [3.05, 3.63) is 69.0 Å². The van der Waals surface area contributed by atoms with Crippen molar-refractivity contribution in [1.82, 2.24) is 4.90 Å². The van der Waals surface area contributed by atoms with Gasteiger partial charge in [-0.2, -0.15) is 0 Å². The van der Waals surface area contributed by atoms with Gasteiger partial charge in [0.15, 0.2) is 9.84 Å². The van der Waals surface area contributed by atoms with Crippen LogP contribution < -0.4 is 0 Å². The Bertz CT molecular complexity index is 1010. The maximum absolute atomic E-state index is 12.6. The summed E-state index contributed by atoms with van der Waals surface area (Å²) in [5, 5.41) is -0.329. The van der Waals surface area contributed by atoms with Crippen LogP contribution in [0.1, 0.15) is 11.1 Å². The molecule has 0 aliphatic carbocycles. The number of benzene rings is 2. The van der Waals surface area contributed by atoms with E-state index in [1.165, 1.54) is 17.0 Å². The molecule has 0 bridgehead atoms. The van der Waals surface area contributed by atoms with Gasteiger partial charge in [-0.25, -0.2) is 8.42 Å². The summed E-state index contributed by atoms with van der Waals surface area (Å²) in [6.45, 7) is 0.191. The van der Waals surface area contributed by atoms with Gasteiger partial charge in [-0.3, -0.25) is 14.5 Å². The van der Waals surface area contributed by atoms with E-state index in [4.69, 9.17) is 0 Å². The number of hydrogen-bond donors (Lipinski definition) is 0. The lowest BCUT2D eigenvalue weighted by molar-refractivity contribution is -0.123. The molecule has 1 fully saturated rings. The molecular weight excluding hydrogens is 438 g/mol. The van der Waals surface area contributed by atoms with E-state index >= 15 is 0 Å². The number of carbonyl (C=O) groups excluding carboxylic acids is 2. The van der Waals surface area contributed by atoms with Crippen LogP contribution in [-0.4, -0.2) is 30.7 Å². The summed E-state index contributed by atoms with van der Waals surface area (Å²) in [6.07, 6.45) is 2.73. The number of halogens is 1. The lowest BCUT2D eigenvalue weighted by Gasteiger charge is -2.13. The van der Waals surface area contributed by atoms with Crippen LogP contribution in [0.15, 0.2) is 62.8 Å². The summed E-state index contributed by atoms with van der Waals surface area (Å²) in [4.78, 5) is 26.5. The molecule has 3 rings (SSSR count). The second kappa shape index (κ2) is 7.38. The average molecular weight is 452 g/mol. The standard InChI is InChI=1S/C18H14BrNO4S2/c1-26(23,24)14-8-6-12(7-9-14)10-16-17(21)20(18(22)25-16)11-13-4-2-3-5-15(13)19/h2-10H,11H2,1H3/b16-10-. The summed E-state index contributed by atoms with van der Waals surface area (Å²) in [5.74, 6) is -0.358. The van der Waals surface area contributed by atoms with Crippen molar-refractivity contribution in [2.45, 2.75) is 11.4 Å². The summed E-state index contributed by atoms with van der Waals surface area (Å²) >= 11 is 4.29. The van der Waals surface area contributed by atoms with Crippen molar-refractivity contribution < 1.29 is 18.0 Å². The summed E-state index contributed by atoms with van der Waals surface area (Å²) < 4.78 is 23.8. The molecule has 0 atom stereocenters. The van der Waals surface area contributed by atoms with Crippen molar-refractivity contribution >= 4 is 54.8 Å². The second-order valence-electron chi connectivity index (χ2n) is 5.70. The molecule has 1 heterocycles. The van der Waals surface area contributed by atoms with Crippen LogP contribution >= 0.6 is 27.7 Å². The molecule has 0 saturated carbocycles. The van der Waals surface area contributed by atoms with Gasteiger partial charge >= 0.3 is 0 Å². The number of carbonyl (C=O) groups is 2. The van der Waals surface area contributed by atoms with Crippen LogP contribution in [0.3, 0.4) is 0 Å². The highest BCUT2D eigenvalue weighted by Crippen LogP contribution is 2.34. The molecule has 134 valence electrons. The van der Waals surface area contributed by atoms with Crippen LogP contribution in [0.2, 0.25) is 0 Å². The fourth-order valence-corrected chi connectivity index (χ4v) is 4.27. The van der Waals surface area contributed by atoms with Crippen molar-refractivity contribution in [2.24, 2.45) is 0 Å². The van der Waals surface area contributed by atoms with E-state index in [1.54, 1.807) is 18.2 Å². The van der Waals surface area contributed by atoms with Gasteiger partial charge in [0, 0.05) is 10.7 Å². The molecule has 0 N–H and O–H groups in total. The Kier molecular flexibility index (Phi) is 5.36. The first-order valence-corrected chi connectivity index (χ1v) is 11.0. The molecule has 0 aromatic heterocycles. The van der Waals surface area contributed by atoms with Gasteiger partial charge in [-0.1, -0.05) is 46.3 Å². The highest BCUT2D eigenvalue weighted by molar-refractivity contribution is 9.10. The van der Waals surface area contributed by atoms with E-state index in [0.29, 0.717) is 10.5 Å². The molecule has 0 spiro atoms. The van der Waals surface area contributed by atoms with Crippen molar-refractivity contribution in [3.8, 4) is 0 Å². The third kappa shape index (κ3) is 4.08. The SMILES string of the molecule is CS(=O)(=O)c1ccc(/C=C2\SC(=O)N(Cc3ccccc3Br)C2=O)cc1. The minimum Gasteiger partial charge on any atom is -0.268 e. The maximum atomic E-state index is 12.6. The maximum Gasteiger partial charge on any atom is 0.293 e. The topological polar surface area (TPSA) is 71.5 Å². The molecule has 1 saturated heterocycles. The van der Waals surface area contributed by atoms with Crippen molar-refractivity contribution in [2.75, 3.05) is 6.26 Å². The Morgan fingerprint density at radius 2 is 1.73 bits per heavy atom. The Balaban J connectivity index is 1.82. The lowest BCUT2D eigenvalue weighted by Crippen LogP contribution is -2.27. The zero-order valence-electron chi connectivity index (χ0n) is 13.7. The van der Waals surface area contributed by atoms with E-state index in [1.807, 2.05) is 24.3 Å². The molecule has 2 aromatic carbocycles. The molecule has 2 aromatic rings. The summed E-state index contributed by atoms with van der Waals surface area (Å²) in [6, 6.07) is 13.6. The Hall–Kier alpha value is -1.90. The van der Waals surface area contributed by atoms with Gasteiger partial charge in [-0.05, 0) is 47.2 Å². The zero-order chi connectivity index (χ0) is 18.9. The van der Waals surface area contributed by atoms with E-state index in [0.717, 1.165) is 28.1 Å². The summed E-state index contributed by atoms with van der Waals surface area (Å²) in [7, 11) is -3.27. The van der Waals surface area contributed by atoms with Crippen LogP contribution in [0, 0.1) is 0 Å². The number of hydrogen-bond acceptors (Lipinski definition) is 5. The average Bonchev–Trinajstić information content (AvgIpc) is 2.84. The number of thioether (sulfide) groups is 1. The Morgan fingerprint density at radius 3 is 2.35 bits per heavy atom. The number of amides is 2. The monoisotopic (exact) mass is 451 g/mol. The predicted octanol–water partition coefficient (Wildman–Crippen LogP) is 4.09. The normalized spacial score (nSPS) is 16.5. The van der Waals surface area contributed by atoms with Gasteiger partial charge in [0.05, 0.1) is 16.3 Å². The van der Waals surface area contributed by atoms with Gasteiger partial charge in [0.25, 0.3) is 11.1 Å². The van der Waals surface area contributed by atoms with Crippen LogP contribution in [0.25, 0.3) is 6.08 Å². The van der Waals surface area contributed by atoms with Crippen LogP contribution in [0.4, 0.5) is 4.79 Å². The van der Waals surface area contributed by atoms with E-state index in [9.17, 15) is 18.0 Å². The van der Waals surface area contributed by atoms with Crippen molar-refractivity contribution in [3.63, 3.8) is 0 Å². The highest BCUT2D eigenvalue weighted by Gasteiger charge is 2.35. The Morgan fingerprint density at radius 1 is 1.08 bits per heavy atom. The Labute approximate surface area is 164 Å². The molecule has 0 radical (unpaired) electrons. The molecule has 26 heavy (non-hydrogen) atoms. The first kappa shape index (κ1) is 18.9. The molecule has 5 nitrogen and oxygen atoms in total. The van der Waals surface area contributed by atoms with Crippen molar-refractivity contribution in [1.29, 1.82) is 0 Å². The number of nitrogens with zero attached hydrogens (tertiary/aromatic N) is 1. The predicted molar refractivity (Wildman–Crippen MR) is 105 cm³/mol. The van der Waals surface area contributed by atoms with Gasteiger partial charge in [-0.15, -0.1) is 0 Å². The third-order valence-corrected chi connectivity index (χ3v) is 6.58. The van der Waals surface area contributed by atoms with Gasteiger partial charge in [0.2, 0.25) is 0 Å². The molecule has 2 amide bonds. The first-order chi connectivity index (χ1) is 12.3. The zero-order valence-corrected chi connectivity index (χ0v) is 16.9. The number of rotatable bonds is 4. The lowest BCUT2D eigenvalue weighted by atomic mass is 10.2. The van der Waals surface area contributed by atoms with Gasteiger partial charge in [0.1, 0.15) is 0 Å². The fourth-order valence-electron chi connectivity index (χ4n) is 2.40. The largest absolute Gasteiger partial charge is 0.293 e. The second-order valence-corrected chi connectivity index (χ2v) is 9.56. The number of sulfone groups is 1. The smallest absolute Gasteiger partial charge is 0.268 e. The number of imide groups is 1. The highest BCUT2D eigenvalue weighted by atomic mass is 79.9. The molecule has 0 unspecified atom stereocenters. The molecule has 8 heteroatoms. The van der Waals surface area contributed by atoms with E-state index in [2.05, 4.69) is 15.9 Å². The first-order valence-electron chi connectivity index (χ1n) is 7.54. The molecule has 1 aliphatic rings. The fraction of sp³-hybridized carbons (Fsp3) is 0.111.